The Morgan fingerprint density at radius 3 is 2.57 bits per heavy atom. The lowest BCUT2D eigenvalue weighted by molar-refractivity contribution is -0.137. The minimum atomic E-state index is -0.887. The molecule has 0 saturated carbocycles. The molecule has 0 aliphatic carbocycles. The Hall–Kier alpha value is -2.44. The molecule has 7 heteroatoms. The number of rotatable bonds is 7. The summed E-state index contributed by atoms with van der Waals surface area (Å²) in [6.45, 7) is 2.03. The van der Waals surface area contributed by atoms with Gasteiger partial charge < -0.3 is 25.2 Å². The molecule has 0 aromatic heterocycles. The molecule has 0 bridgehead atoms. The predicted molar refractivity (Wildman–Crippen MR) is 78.0 cm³/mol. The number of aliphatic carboxylic acids is 1. The number of hydrogen-bond acceptors (Lipinski definition) is 4. The van der Waals surface area contributed by atoms with Crippen LogP contribution in [0.25, 0.3) is 0 Å². The summed E-state index contributed by atoms with van der Waals surface area (Å²) in [5.41, 5.74) is 0.502. The third-order valence-corrected chi connectivity index (χ3v) is 2.79. The van der Waals surface area contributed by atoms with Gasteiger partial charge in [-0.15, -0.1) is 0 Å². The zero-order chi connectivity index (χ0) is 15.8. The summed E-state index contributed by atoms with van der Waals surface area (Å²) in [7, 11) is 3.03. The molecule has 7 nitrogen and oxygen atoms in total. The van der Waals surface area contributed by atoms with Crippen LogP contribution in [-0.4, -0.2) is 37.9 Å². The molecule has 0 aliphatic heterocycles. The zero-order valence-electron chi connectivity index (χ0n) is 12.3. The first-order valence-corrected chi connectivity index (χ1v) is 6.45. The fourth-order valence-corrected chi connectivity index (χ4v) is 1.71. The molecule has 0 spiro atoms. The largest absolute Gasteiger partial charge is 0.497 e. The normalized spacial score (nSPS) is 11.4. The van der Waals surface area contributed by atoms with Crippen LogP contribution in [0.1, 0.15) is 13.3 Å². The fourth-order valence-electron chi connectivity index (χ4n) is 1.71. The van der Waals surface area contributed by atoms with Crippen molar-refractivity contribution in [1.29, 1.82) is 0 Å². The summed E-state index contributed by atoms with van der Waals surface area (Å²) < 4.78 is 10.2. The maximum Gasteiger partial charge on any atom is 0.319 e. The highest BCUT2D eigenvalue weighted by Crippen LogP contribution is 2.28. The molecule has 0 radical (unpaired) electrons. The van der Waals surface area contributed by atoms with E-state index in [4.69, 9.17) is 14.6 Å². The topological polar surface area (TPSA) is 96.9 Å². The Labute approximate surface area is 123 Å². The SMILES string of the molecule is COc1ccc(NC(=O)NCC(C)CC(=O)O)c(OC)c1. The number of carboxylic acid groups (broad SMARTS) is 1. The van der Waals surface area contributed by atoms with Gasteiger partial charge in [0.25, 0.3) is 0 Å². The first-order valence-electron chi connectivity index (χ1n) is 6.45. The van der Waals surface area contributed by atoms with E-state index in [1.54, 1.807) is 32.2 Å². The van der Waals surface area contributed by atoms with Gasteiger partial charge in [-0.2, -0.15) is 0 Å². The summed E-state index contributed by atoms with van der Waals surface area (Å²) in [5.74, 6) is 0.0588. The van der Waals surface area contributed by atoms with Crippen LogP contribution in [0.4, 0.5) is 10.5 Å². The van der Waals surface area contributed by atoms with E-state index in [9.17, 15) is 9.59 Å². The Morgan fingerprint density at radius 1 is 1.29 bits per heavy atom. The van der Waals surface area contributed by atoms with Gasteiger partial charge >= 0.3 is 12.0 Å². The summed E-state index contributed by atoms with van der Waals surface area (Å²) in [5, 5.41) is 13.9. The molecule has 1 aromatic rings. The van der Waals surface area contributed by atoms with E-state index in [1.165, 1.54) is 7.11 Å². The molecule has 3 N–H and O–H groups in total. The van der Waals surface area contributed by atoms with E-state index in [-0.39, 0.29) is 18.9 Å². The van der Waals surface area contributed by atoms with Gasteiger partial charge in [0.05, 0.1) is 19.9 Å². The maximum absolute atomic E-state index is 11.8. The smallest absolute Gasteiger partial charge is 0.319 e. The highest BCUT2D eigenvalue weighted by Gasteiger charge is 2.11. The van der Waals surface area contributed by atoms with E-state index in [1.807, 2.05) is 0 Å². The van der Waals surface area contributed by atoms with Crippen LogP contribution >= 0.6 is 0 Å². The number of hydrogen-bond donors (Lipinski definition) is 3. The number of amides is 2. The number of nitrogens with one attached hydrogen (secondary N) is 2. The molecular weight excluding hydrogens is 276 g/mol. The van der Waals surface area contributed by atoms with Gasteiger partial charge in [-0.3, -0.25) is 4.79 Å². The third-order valence-electron chi connectivity index (χ3n) is 2.79. The first-order chi connectivity index (χ1) is 9.96. The zero-order valence-corrected chi connectivity index (χ0v) is 12.3. The van der Waals surface area contributed by atoms with Crippen LogP contribution in [0.2, 0.25) is 0 Å². The standard InChI is InChI=1S/C14H20N2O5/c1-9(6-13(17)18)8-15-14(19)16-11-5-4-10(20-2)7-12(11)21-3/h4-5,7,9H,6,8H2,1-3H3,(H,17,18)(H2,15,16,19). The Morgan fingerprint density at radius 2 is 2.00 bits per heavy atom. The van der Waals surface area contributed by atoms with Gasteiger partial charge in [-0.25, -0.2) is 4.79 Å². The quantitative estimate of drug-likeness (QED) is 0.714. The number of ether oxygens (including phenoxy) is 2. The van der Waals surface area contributed by atoms with Crippen molar-refractivity contribution in [2.45, 2.75) is 13.3 Å². The molecule has 1 unspecified atom stereocenters. The molecule has 2 amide bonds. The lowest BCUT2D eigenvalue weighted by Gasteiger charge is -2.14. The van der Waals surface area contributed by atoms with Crippen molar-refractivity contribution in [2.75, 3.05) is 26.1 Å². The second-order valence-electron chi connectivity index (χ2n) is 4.60. The number of carbonyl (C=O) groups excluding carboxylic acids is 1. The van der Waals surface area contributed by atoms with Crippen LogP contribution in [0, 0.1) is 5.92 Å². The third kappa shape index (κ3) is 5.60. The van der Waals surface area contributed by atoms with Crippen molar-refractivity contribution >= 4 is 17.7 Å². The van der Waals surface area contributed by atoms with E-state index in [0.717, 1.165) is 0 Å². The van der Waals surface area contributed by atoms with E-state index in [0.29, 0.717) is 17.2 Å². The van der Waals surface area contributed by atoms with Crippen molar-refractivity contribution in [1.82, 2.24) is 5.32 Å². The van der Waals surface area contributed by atoms with Crippen LogP contribution in [0.15, 0.2) is 18.2 Å². The van der Waals surface area contributed by atoms with Crippen LogP contribution in [-0.2, 0) is 4.79 Å². The second kappa shape index (κ2) is 7.98. The second-order valence-corrected chi connectivity index (χ2v) is 4.60. The van der Waals surface area contributed by atoms with Crippen LogP contribution < -0.4 is 20.1 Å². The van der Waals surface area contributed by atoms with Crippen LogP contribution in [0.5, 0.6) is 11.5 Å². The molecule has 0 heterocycles. The molecule has 0 aliphatic rings. The fraction of sp³-hybridized carbons (Fsp3) is 0.429. The Balaban J connectivity index is 2.56. The molecule has 21 heavy (non-hydrogen) atoms. The molecule has 0 saturated heterocycles. The molecule has 1 atom stereocenters. The summed E-state index contributed by atoms with van der Waals surface area (Å²) >= 11 is 0. The highest BCUT2D eigenvalue weighted by molar-refractivity contribution is 5.91. The summed E-state index contributed by atoms with van der Waals surface area (Å²) in [6.07, 6.45) is 0.00609. The predicted octanol–water partition coefficient (Wildman–Crippen LogP) is 1.94. The number of methoxy groups -OCH3 is 2. The average molecular weight is 296 g/mol. The van der Waals surface area contributed by atoms with Crippen molar-refractivity contribution in [3.8, 4) is 11.5 Å². The average Bonchev–Trinajstić information content (AvgIpc) is 2.45. The minimum Gasteiger partial charge on any atom is -0.497 e. The van der Waals surface area contributed by atoms with Gasteiger partial charge in [0.1, 0.15) is 11.5 Å². The van der Waals surface area contributed by atoms with E-state index in [2.05, 4.69) is 10.6 Å². The Kier molecular flexibility index (Phi) is 6.32. The minimum absolute atomic E-state index is 0.00609. The molecular formula is C14H20N2O5. The Bertz CT molecular complexity index is 504. The van der Waals surface area contributed by atoms with Crippen molar-refractivity contribution < 1.29 is 24.2 Å². The lowest BCUT2D eigenvalue weighted by Crippen LogP contribution is -2.33. The highest BCUT2D eigenvalue weighted by atomic mass is 16.5. The van der Waals surface area contributed by atoms with E-state index < -0.39 is 12.0 Å². The molecule has 0 fully saturated rings. The molecule has 1 rings (SSSR count). The maximum atomic E-state index is 11.8. The van der Waals surface area contributed by atoms with Gasteiger partial charge in [0, 0.05) is 19.0 Å². The number of carboxylic acids is 1. The summed E-state index contributed by atoms with van der Waals surface area (Å²) in [4.78, 5) is 22.3. The van der Waals surface area contributed by atoms with Gasteiger partial charge in [0.2, 0.25) is 0 Å². The number of urea groups is 1. The van der Waals surface area contributed by atoms with Crippen LogP contribution in [0.3, 0.4) is 0 Å². The number of anilines is 1. The molecule has 116 valence electrons. The number of benzene rings is 1. The number of carbonyl (C=O) groups is 2. The molecule has 1 aromatic carbocycles. The van der Waals surface area contributed by atoms with Crippen molar-refractivity contribution in [3.05, 3.63) is 18.2 Å². The van der Waals surface area contributed by atoms with Gasteiger partial charge in [-0.05, 0) is 18.1 Å². The monoisotopic (exact) mass is 296 g/mol. The van der Waals surface area contributed by atoms with Gasteiger partial charge in [-0.1, -0.05) is 6.92 Å². The lowest BCUT2D eigenvalue weighted by atomic mass is 10.1. The van der Waals surface area contributed by atoms with Gasteiger partial charge in [0.15, 0.2) is 0 Å². The van der Waals surface area contributed by atoms with E-state index >= 15 is 0 Å². The van der Waals surface area contributed by atoms with Crippen molar-refractivity contribution in [3.63, 3.8) is 0 Å². The van der Waals surface area contributed by atoms with Crippen molar-refractivity contribution in [2.24, 2.45) is 5.92 Å². The summed E-state index contributed by atoms with van der Waals surface area (Å²) in [6, 6.07) is 4.60. The first kappa shape index (κ1) is 16.6.